The summed E-state index contributed by atoms with van der Waals surface area (Å²) in [6.07, 6.45) is 0.945. The van der Waals surface area contributed by atoms with E-state index in [0.29, 0.717) is 12.4 Å². The second-order valence-electron chi connectivity index (χ2n) is 4.85. The zero-order valence-corrected chi connectivity index (χ0v) is 10.8. The van der Waals surface area contributed by atoms with Gasteiger partial charge in [0.1, 0.15) is 11.4 Å². The second-order valence-corrected chi connectivity index (χ2v) is 4.85. The summed E-state index contributed by atoms with van der Waals surface area (Å²) in [7, 11) is 0. The average Bonchev–Trinajstić information content (AvgIpc) is 2.14. The maximum atomic E-state index is 11.8. The summed E-state index contributed by atoms with van der Waals surface area (Å²) in [5.74, 6) is 0.361. The largest absolute Gasteiger partial charge is 0.496 e. The minimum Gasteiger partial charge on any atom is -0.496 e. The molecule has 1 aliphatic heterocycles. The molecule has 0 N–H and O–H groups in total. The van der Waals surface area contributed by atoms with Gasteiger partial charge in [-0.2, -0.15) is 0 Å². The molecule has 0 aromatic rings. The summed E-state index contributed by atoms with van der Waals surface area (Å²) < 4.78 is 10.5. The number of carbonyl (C=O) groups excluding carboxylic acids is 2. The summed E-state index contributed by atoms with van der Waals surface area (Å²) in [6, 6.07) is 0. The Morgan fingerprint density at radius 3 is 2.59 bits per heavy atom. The Morgan fingerprint density at radius 2 is 2.06 bits per heavy atom. The summed E-state index contributed by atoms with van der Waals surface area (Å²) in [5, 5.41) is 0. The lowest BCUT2D eigenvalue weighted by atomic mass is 10.2. The van der Waals surface area contributed by atoms with Crippen molar-refractivity contribution in [3.63, 3.8) is 0 Å². The van der Waals surface area contributed by atoms with Gasteiger partial charge in [0.15, 0.2) is 5.78 Å². The molecule has 0 fully saturated rings. The molecule has 0 unspecified atom stereocenters. The third-order valence-electron chi connectivity index (χ3n) is 2.00. The Balaban J connectivity index is 2.65. The minimum atomic E-state index is -0.562. The van der Waals surface area contributed by atoms with E-state index in [9.17, 15) is 9.59 Å². The van der Waals surface area contributed by atoms with Crippen molar-refractivity contribution in [1.82, 2.24) is 4.90 Å². The summed E-state index contributed by atoms with van der Waals surface area (Å²) in [4.78, 5) is 24.5. The monoisotopic (exact) mass is 241 g/mol. The molecule has 5 nitrogen and oxygen atoms in total. The molecule has 1 rings (SSSR count). The molecule has 96 valence electrons. The van der Waals surface area contributed by atoms with Crippen molar-refractivity contribution in [1.29, 1.82) is 0 Å². The van der Waals surface area contributed by atoms with E-state index >= 15 is 0 Å². The molecule has 5 heteroatoms. The number of ether oxygens (including phenoxy) is 2. The Kier molecular flexibility index (Phi) is 4.15. The van der Waals surface area contributed by atoms with Crippen LogP contribution in [0.2, 0.25) is 0 Å². The van der Waals surface area contributed by atoms with E-state index in [-0.39, 0.29) is 18.9 Å². The van der Waals surface area contributed by atoms with Crippen LogP contribution in [0, 0.1) is 0 Å². The van der Waals surface area contributed by atoms with Crippen LogP contribution >= 0.6 is 0 Å². The SMILES string of the molecule is CCOC1=CC(=O)CN(C(=O)OC(C)(C)C)C1. The molecule has 1 aliphatic rings. The molecular formula is C12H19NO4. The van der Waals surface area contributed by atoms with Crippen LogP contribution in [0.1, 0.15) is 27.7 Å². The van der Waals surface area contributed by atoms with Gasteiger partial charge in [0.05, 0.1) is 19.7 Å². The quantitative estimate of drug-likeness (QED) is 0.738. The standard InChI is InChI=1S/C12H19NO4/c1-5-16-10-6-9(14)7-13(8-10)11(15)17-12(2,3)4/h6H,5,7-8H2,1-4H3. The van der Waals surface area contributed by atoms with E-state index in [0.717, 1.165) is 0 Å². The van der Waals surface area contributed by atoms with Gasteiger partial charge in [0.2, 0.25) is 0 Å². The first-order chi connectivity index (χ1) is 7.81. The normalized spacial score (nSPS) is 16.6. The highest BCUT2D eigenvalue weighted by molar-refractivity contribution is 5.95. The van der Waals surface area contributed by atoms with Crippen molar-refractivity contribution in [3.05, 3.63) is 11.8 Å². The predicted octanol–water partition coefficient (Wildman–Crippen LogP) is 1.73. The van der Waals surface area contributed by atoms with Crippen molar-refractivity contribution in [2.24, 2.45) is 0 Å². The topological polar surface area (TPSA) is 55.8 Å². The Bertz CT molecular complexity index is 341. The molecular weight excluding hydrogens is 222 g/mol. The summed E-state index contributed by atoms with van der Waals surface area (Å²) in [5.41, 5.74) is -0.562. The van der Waals surface area contributed by atoms with Crippen molar-refractivity contribution < 1.29 is 19.1 Å². The van der Waals surface area contributed by atoms with Gasteiger partial charge < -0.3 is 9.47 Å². The molecule has 1 heterocycles. The van der Waals surface area contributed by atoms with Crippen molar-refractivity contribution in [2.45, 2.75) is 33.3 Å². The lowest BCUT2D eigenvalue weighted by Gasteiger charge is -2.29. The van der Waals surface area contributed by atoms with E-state index in [2.05, 4.69) is 0 Å². The summed E-state index contributed by atoms with van der Waals surface area (Å²) in [6.45, 7) is 8.00. The molecule has 0 saturated heterocycles. The zero-order valence-electron chi connectivity index (χ0n) is 10.8. The summed E-state index contributed by atoms with van der Waals surface area (Å²) >= 11 is 0. The highest BCUT2D eigenvalue weighted by atomic mass is 16.6. The Hall–Kier alpha value is -1.52. The molecule has 0 atom stereocenters. The fraction of sp³-hybridized carbons (Fsp3) is 0.667. The molecule has 0 bridgehead atoms. The van der Waals surface area contributed by atoms with Gasteiger partial charge in [-0.25, -0.2) is 4.79 Å². The first-order valence-corrected chi connectivity index (χ1v) is 5.66. The van der Waals surface area contributed by atoms with E-state index in [4.69, 9.17) is 9.47 Å². The third-order valence-corrected chi connectivity index (χ3v) is 2.00. The van der Waals surface area contributed by atoms with Gasteiger partial charge in [-0.15, -0.1) is 0 Å². The van der Waals surface area contributed by atoms with Crippen LogP contribution in [-0.4, -0.2) is 42.1 Å². The highest BCUT2D eigenvalue weighted by Crippen LogP contribution is 2.14. The molecule has 1 amide bonds. The molecule has 0 aromatic heterocycles. The lowest BCUT2D eigenvalue weighted by Crippen LogP contribution is -2.43. The molecule has 17 heavy (non-hydrogen) atoms. The van der Waals surface area contributed by atoms with Crippen LogP contribution in [-0.2, 0) is 14.3 Å². The van der Waals surface area contributed by atoms with Crippen molar-refractivity contribution in [2.75, 3.05) is 19.7 Å². The van der Waals surface area contributed by atoms with Gasteiger partial charge in [-0.3, -0.25) is 9.69 Å². The molecule has 0 aromatic carbocycles. The smallest absolute Gasteiger partial charge is 0.411 e. The molecule has 0 aliphatic carbocycles. The third kappa shape index (κ3) is 4.46. The van der Waals surface area contributed by atoms with Crippen molar-refractivity contribution in [3.8, 4) is 0 Å². The lowest BCUT2D eigenvalue weighted by molar-refractivity contribution is -0.116. The maximum Gasteiger partial charge on any atom is 0.411 e. The van der Waals surface area contributed by atoms with Crippen LogP contribution in [0.25, 0.3) is 0 Å². The number of amides is 1. The maximum absolute atomic E-state index is 11.8. The fourth-order valence-electron chi connectivity index (χ4n) is 1.43. The average molecular weight is 241 g/mol. The zero-order chi connectivity index (χ0) is 13.1. The van der Waals surface area contributed by atoms with Crippen LogP contribution in [0.5, 0.6) is 0 Å². The highest BCUT2D eigenvalue weighted by Gasteiger charge is 2.27. The number of ketones is 1. The number of carbonyl (C=O) groups is 2. The van der Waals surface area contributed by atoms with Crippen LogP contribution in [0.4, 0.5) is 4.79 Å². The van der Waals surface area contributed by atoms with Gasteiger partial charge in [0, 0.05) is 6.08 Å². The number of hydrogen-bond acceptors (Lipinski definition) is 4. The Labute approximate surface area is 101 Å². The Morgan fingerprint density at radius 1 is 1.41 bits per heavy atom. The number of nitrogens with zero attached hydrogens (tertiary/aromatic N) is 1. The number of rotatable bonds is 2. The van der Waals surface area contributed by atoms with Crippen LogP contribution in [0.3, 0.4) is 0 Å². The van der Waals surface area contributed by atoms with Crippen LogP contribution in [0.15, 0.2) is 11.8 Å². The predicted molar refractivity (Wildman–Crippen MR) is 62.5 cm³/mol. The van der Waals surface area contributed by atoms with E-state index in [1.807, 2.05) is 6.92 Å². The fourth-order valence-corrected chi connectivity index (χ4v) is 1.43. The van der Waals surface area contributed by atoms with Crippen molar-refractivity contribution >= 4 is 11.9 Å². The van der Waals surface area contributed by atoms with Gasteiger partial charge in [-0.05, 0) is 27.7 Å². The van der Waals surface area contributed by atoms with E-state index in [1.165, 1.54) is 11.0 Å². The van der Waals surface area contributed by atoms with Gasteiger partial charge >= 0.3 is 6.09 Å². The first-order valence-electron chi connectivity index (χ1n) is 5.66. The molecule has 0 radical (unpaired) electrons. The molecule has 0 saturated carbocycles. The van der Waals surface area contributed by atoms with Gasteiger partial charge in [0.25, 0.3) is 0 Å². The van der Waals surface area contributed by atoms with E-state index < -0.39 is 11.7 Å². The second kappa shape index (κ2) is 5.21. The van der Waals surface area contributed by atoms with E-state index in [1.54, 1.807) is 20.8 Å². The first kappa shape index (κ1) is 13.5. The minimum absolute atomic E-state index is 0.0471. The van der Waals surface area contributed by atoms with Crippen LogP contribution < -0.4 is 0 Å². The van der Waals surface area contributed by atoms with Gasteiger partial charge in [-0.1, -0.05) is 0 Å². The number of hydrogen-bond donors (Lipinski definition) is 0. The molecule has 0 spiro atoms.